The number of hydrogen-bond acceptors (Lipinski definition) is 5. The van der Waals surface area contributed by atoms with Crippen molar-refractivity contribution in [3.63, 3.8) is 0 Å². The van der Waals surface area contributed by atoms with Crippen LogP contribution in [0.2, 0.25) is 0 Å². The van der Waals surface area contributed by atoms with Crippen molar-refractivity contribution in [2.45, 2.75) is 45.3 Å². The Balaban J connectivity index is 1.40. The van der Waals surface area contributed by atoms with Crippen LogP contribution in [0.25, 0.3) is 16.6 Å². The number of rotatable bonds is 9. The first-order chi connectivity index (χ1) is 19.4. The summed E-state index contributed by atoms with van der Waals surface area (Å²) in [6.07, 6.45) is 2.94. The molecule has 0 radical (unpaired) electrons. The van der Waals surface area contributed by atoms with E-state index in [4.69, 9.17) is 4.74 Å². The summed E-state index contributed by atoms with van der Waals surface area (Å²) in [5.74, 6) is -0.494. The minimum Gasteiger partial charge on any atom is -0.376 e. The first kappa shape index (κ1) is 27.1. The van der Waals surface area contributed by atoms with Crippen LogP contribution in [0, 0.1) is 0 Å². The molecule has 2 N–H and O–H groups in total. The van der Waals surface area contributed by atoms with Gasteiger partial charge in [-0.3, -0.25) is 19.0 Å². The van der Waals surface area contributed by atoms with Gasteiger partial charge in [-0.25, -0.2) is 9.36 Å². The molecule has 1 aromatic heterocycles. The maximum absolute atomic E-state index is 13.7. The third kappa shape index (κ3) is 5.89. The molecule has 1 fully saturated rings. The van der Waals surface area contributed by atoms with Crippen LogP contribution in [-0.4, -0.2) is 40.2 Å². The number of benzene rings is 3. The lowest BCUT2D eigenvalue weighted by molar-refractivity contribution is -0.121. The second kappa shape index (κ2) is 12.1. The summed E-state index contributed by atoms with van der Waals surface area (Å²) in [7, 11) is 0. The Morgan fingerprint density at radius 3 is 2.45 bits per heavy atom. The van der Waals surface area contributed by atoms with E-state index in [0.717, 1.165) is 41.6 Å². The van der Waals surface area contributed by atoms with E-state index in [1.807, 2.05) is 31.2 Å². The molecule has 0 saturated carbocycles. The van der Waals surface area contributed by atoms with Crippen molar-refractivity contribution in [2.75, 3.05) is 18.5 Å². The molecule has 0 unspecified atom stereocenters. The van der Waals surface area contributed by atoms with Gasteiger partial charge in [-0.1, -0.05) is 49.4 Å². The summed E-state index contributed by atoms with van der Waals surface area (Å²) in [5.41, 5.74) is 2.06. The lowest BCUT2D eigenvalue weighted by Gasteiger charge is -2.15. The standard InChI is InChI=1S/C31H32N4O5/c1-2-22-8-3-5-11-26(22)33-29(37)20-34-27-12-6-4-10-25(27)30(38)35(31(34)39)23-15-13-21(14-16-23)18-28(36)32-19-24-9-7-17-40-24/h3-6,8,10-16,24H,2,7,9,17-20H2,1H3,(H,32,36)(H,33,37)/t24-/m0/s1. The number of nitrogens with zero attached hydrogens (tertiary/aromatic N) is 2. The Bertz CT molecular complexity index is 1650. The zero-order chi connectivity index (χ0) is 28.1. The van der Waals surface area contributed by atoms with Crippen molar-refractivity contribution in [3.8, 4) is 5.69 Å². The van der Waals surface area contributed by atoms with Crippen molar-refractivity contribution < 1.29 is 14.3 Å². The molecule has 3 aromatic carbocycles. The first-order valence-corrected chi connectivity index (χ1v) is 13.5. The fourth-order valence-corrected chi connectivity index (χ4v) is 5.03. The Morgan fingerprint density at radius 2 is 1.70 bits per heavy atom. The van der Waals surface area contributed by atoms with Gasteiger partial charge < -0.3 is 15.4 Å². The Morgan fingerprint density at radius 1 is 0.950 bits per heavy atom. The number of nitrogens with one attached hydrogen (secondary N) is 2. The topological polar surface area (TPSA) is 111 Å². The van der Waals surface area contributed by atoms with E-state index < -0.39 is 11.2 Å². The van der Waals surface area contributed by atoms with E-state index >= 15 is 0 Å². The second-order valence-corrected chi connectivity index (χ2v) is 9.87. The third-order valence-corrected chi connectivity index (χ3v) is 7.13. The number of anilines is 1. The average Bonchev–Trinajstić information content (AvgIpc) is 3.49. The minimum absolute atomic E-state index is 0.0664. The van der Waals surface area contributed by atoms with E-state index in [1.165, 1.54) is 4.57 Å². The molecule has 40 heavy (non-hydrogen) atoms. The summed E-state index contributed by atoms with van der Waals surface area (Å²) < 4.78 is 7.92. The number of carbonyl (C=O) groups excluding carboxylic acids is 2. The molecular weight excluding hydrogens is 508 g/mol. The van der Waals surface area contributed by atoms with Crippen LogP contribution < -0.4 is 21.9 Å². The van der Waals surface area contributed by atoms with Crippen LogP contribution in [0.15, 0.2) is 82.4 Å². The van der Waals surface area contributed by atoms with Gasteiger partial charge in [0.2, 0.25) is 11.8 Å². The molecule has 2 amide bonds. The molecule has 0 bridgehead atoms. The summed E-state index contributed by atoms with van der Waals surface area (Å²) in [6.45, 7) is 2.96. The quantitative estimate of drug-likeness (QED) is 0.339. The fraction of sp³-hybridized carbons (Fsp3) is 0.290. The van der Waals surface area contributed by atoms with Crippen LogP contribution in [0.3, 0.4) is 0 Å². The molecule has 9 nitrogen and oxygen atoms in total. The van der Waals surface area contributed by atoms with Gasteiger partial charge in [0.15, 0.2) is 0 Å². The summed E-state index contributed by atoms with van der Waals surface area (Å²) in [5, 5.41) is 6.12. The largest absolute Gasteiger partial charge is 0.376 e. The van der Waals surface area contributed by atoms with E-state index in [-0.39, 0.29) is 30.9 Å². The molecule has 0 spiro atoms. The van der Waals surface area contributed by atoms with Gasteiger partial charge in [0.05, 0.1) is 29.1 Å². The zero-order valence-electron chi connectivity index (χ0n) is 22.4. The van der Waals surface area contributed by atoms with Crippen molar-refractivity contribution in [2.24, 2.45) is 0 Å². The van der Waals surface area contributed by atoms with Crippen LogP contribution in [0.1, 0.15) is 30.9 Å². The Labute approximate surface area is 231 Å². The first-order valence-electron chi connectivity index (χ1n) is 13.5. The predicted octanol–water partition coefficient (Wildman–Crippen LogP) is 3.19. The summed E-state index contributed by atoms with van der Waals surface area (Å²) in [6, 6.07) is 21.0. The monoisotopic (exact) mass is 540 g/mol. The summed E-state index contributed by atoms with van der Waals surface area (Å²) >= 11 is 0. The summed E-state index contributed by atoms with van der Waals surface area (Å²) in [4.78, 5) is 52.5. The highest BCUT2D eigenvalue weighted by Gasteiger charge is 2.18. The molecule has 1 aliphatic rings. The van der Waals surface area contributed by atoms with Crippen molar-refractivity contribution in [1.29, 1.82) is 0 Å². The number of para-hydroxylation sites is 2. The number of amides is 2. The van der Waals surface area contributed by atoms with Gasteiger partial charge in [-0.05, 0) is 60.7 Å². The lowest BCUT2D eigenvalue weighted by Crippen LogP contribution is -2.40. The number of aryl methyl sites for hydroxylation is 1. The molecule has 5 rings (SSSR count). The Kier molecular flexibility index (Phi) is 8.21. The number of aromatic nitrogens is 2. The molecule has 4 aromatic rings. The molecule has 2 heterocycles. The molecule has 9 heteroatoms. The van der Waals surface area contributed by atoms with Crippen LogP contribution in [0.5, 0.6) is 0 Å². The predicted molar refractivity (Wildman–Crippen MR) is 154 cm³/mol. The van der Waals surface area contributed by atoms with E-state index in [2.05, 4.69) is 10.6 Å². The van der Waals surface area contributed by atoms with Gasteiger partial charge in [-0.15, -0.1) is 0 Å². The maximum Gasteiger partial charge on any atom is 0.336 e. The van der Waals surface area contributed by atoms with Crippen molar-refractivity contribution in [3.05, 3.63) is 105 Å². The van der Waals surface area contributed by atoms with E-state index in [9.17, 15) is 19.2 Å². The minimum atomic E-state index is -0.621. The van der Waals surface area contributed by atoms with E-state index in [0.29, 0.717) is 28.8 Å². The van der Waals surface area contributed by atoms with Crippen LogP contribution in [0.4, 0.5) is 5.69 Å². The number of hydrogen-bond donors (Lipinski definition) is 2. The third-order valence-electron chi connectivity index (χ3n) is 7.13. The SMILES string of the molecule is CCc1ccccc1NC(=O)Cn1c(=O)n(-c2ccc(CC(=O)NC[C@@H]3CCCO3)cc2)c(=O)c2ccccc21. The number of carbonyl (C=O) groups is 2. The maximum atomic E-state index is 13.7. The molecule has 206 valence electrons. The van der Waals surface area contributed by atoms with Gasteiger partial charge in [-0.2, -0.15) is 0 Å². The highest BCUT2D eigenvalue weighted by molar-refractivity contribution is 5.92. The van der Waals surface area contributed by atoms with Crippen LogP contribution >= 0.6 is 0 Å². The van der Waals surface area contributed by atoms with Crippen molar-refractivity contribution in [1.82, 2.24) is 14.5 Å². The zero-order valence-corrected chi connectivity index (χ0v) is 22.4. The molecule has 1 atom stereocenters. The number of ether oxygens (including phenoxy) is 1. The van der Waals surface area contributed by atoms with Gasteiger partial charge >= 0.3 is 5.69 Å². The second-order valence-electron chi connectivity index (χ2n) is 9.87. The molecule has 1 aliphatic heterocycles. The fourth-order valence-electron chi connectivity index (χ4n) is 5.03. The van der Waals surface area contributed by atoms with Crippen LogP contribution in [-0.2, 0) is 33.7 Å². The van der Waals surface area contributed by atoms with Gasteiger partial charge in [0, 0.05) is 18.8 Å². The highest BCUT2D eigenvalue weighted by Crippen LogP contribution is 2.16. The van der Waals surface area contributed by atoms with Gasteiger partial charge in [0.25, 0.3) is 5.56 Å². The normalized spacial score (nSPS) is 14.8. The molecular formula is C31H32N4O5. The average molecular weight is 541 g/mol. The Hall–Kier alpha value is -4.50. The lowest BCUT2D eigenvalue weighted by atomic mass is 10.1. The number of fused-ring (bicyclic) bond motifs is 1. The van der Waals surface area contributed by atoms with Gasteiger partial charge in [0.1, 0.15) is 6.54 Å². The smallest absolute Gasteiger partial charge is 0.336 e. The van der Waals surface area contributed by atoms with Crippen molar-refractivity contribution >= 4 is 28.4 Å². The highest BCUT2D eigenvalue weighted by atomic mass is 16.5. The van der Waals surface area contributed by atoms with E-state index in [1.54, 1.807) is 48.5 Å². The molecule has 1 saturated heterocycles. The molecule has 0 aliphatic carbocycles.